The van der Waals surface area contributed by atoms with Crippen molar-refractivity contribution in [2.75, 3.05) is 31.6 Å². The molecule has 3 atom stereocenters. The molecule has 0 amide bonds. The zero-order chi connectivity index (χ0) is 22.8. The maximum Gasteiger partial charge on any atom is 0.252 e. The van der Waals surface area contributed by atoms with E-state index in [1.54, 1.807) is 12.3 Å². The molecule has 5 rings (SSSR count). The normalized spacial score (nSPS) is 21.7. The van der Waals surface area contributed by atoms with Gasteiger partial charge in [0, 0.05) is 35.9 Å². The zero-order valence-electron chi connectivity index (χ0n) is 19.5. The quantitative estimate of drug-likeness (QED) is 0.516. The Labute approximate surface area is 194 Å². The molecule has 2 aliphatic rings. The maximum atomic E-state index is 12.8. The van der Waals surface area contributed by atoms with Crippen LogP contribution in [0.5, 0.6) is 5.75 Å². The van der Waals surface area contributed by atoms with Gasteiger partial charge >= 0.3 is 0 Å². The molecule has 1 aromatic carbocycles. The first-order valence-electron chi connectivity index (χ1n) is 12.2. The van der Waals surface area contributed by atoms with Crippen LogP contribution in [0.1, 0.15) is 45.6 Å². The maximum absolute atomic E-state index is 12.8. The summed E-state index contributed by atoms with van der Waals surface area (Å²) in [6.45, 7) is 7.98. The molecule has 33 heavy (non-hydrogen) atoms. The van der Waals surface area contributed by atoms with Crippen molar-refractivity contribution in [3.05, 3.63) is 52.9 Å². The van der Waals surface area contributed by atoms with E-state index in [0.717, 1.165) is 54.4 Å². The van der Waals surface area contributed by atoms with E-state index < -0.39 is 0 Å². The van der Waals surface area contributed by atoms with Crippen molar-refractivity contribution in [2.24, 2.45) is 11.8 Å². The van der Waals surface area contributed by atoms with Crippen molar-refractivity contribution >= 4 is 22.7 Å². The fourth-order valence-electron chi connectivity index (χ4n) is 5.54. The van der Waals surface area contributed by atoms with Crippen molar-refractivity contribution in [1.29, 1.82) is 0 Å². The summed E-state index contributed by atoms with van der Waals surface area (Å²) in [5.41, 5.74) is 1.65. The third kappa shape index (κ3) is 4.60. The molecule has 2 bridgehead atoms. The number of pyridine rings is 1. The summed E-state index contributed by atoms with van der Waals surface area (Å²) in [5, 5.41) is 4.19. The number of aromatic nitrogens is 3. The van der Waals surface area contributed by atoms with Gasteiger partial charge in [0.1, 0.15) is 18.0 Å². The van der Waals surface area contributed by atoms with E-state index in [9.17, 15) is 4.79 Å². The van der Waals surface area contributed by atoms with Gasteiger partial charge < -0.3 is 15.0 Å². The van der Waals surface area contributed by atoms with Crippen molar-refractivity contribution in [3.63, 3.8) is 0 Å². The summed E-state index contributed by atoms with van der Waals surface area (Å²) < 4.78 is 7.80. The van der Waals surface area contributed by atoms with Gasteiger partial charge in [-0.1, -0.05) is 20.3 Å². The summed E-state index contributed by atoms with van der Waals surface area (Å²) in [5.74, 6) is 2.70. The lowest BCUT2D eigenvalue weighted by Gasteiger charge is -2.25. The fraction of sp³-hybridized carbons (Fsp3) is 0.500. The number of hydrogen-bond donors (Lipinski definition) is 1. The molecule has 0 aliphatic heterocycles. The van der Waals surface area contributed by atoms with Crippen LogP contribution in [0.2, 0.25) is 0 Å². The third-order valence-electron chi connectivity index (χ3n) is 7.38. The molecule has 0 saturated heterocycles. The second-order valence-corrected chi connectivity index (χ2v) is 9.28. The Morgan fingerprint density at radius 1 is 1.09 bits per heavy atom. The first kappa shape index (κ1) is 21.9. The van der Waals surface area contributed by atoms with Crippen molar-refractivity contribution in [3.8, 4) is 5.75 Å². The number of benzene rings is 1. The monoisotopic (exact) mass is 447 g/mol. The van der Waals surface area contributed by atoms with Crippen LogP contribution in [0.3, 0.4) is 0 Å². The Kier molecular flexibility index (Phi) is 6.31. The highest BCUT2D eigenvalue weighted by atomic mass is 16.5. The van der Waals surface area contributed by atoms with Gasteiger partial charge in [-0.05, 0) is 74.5 Å². The number of fused-ring (bicyclic) bond motifs is 3. The highest BCUT2D eigenvalue weighted by Crippen LogP contribution is 2.50. The highest BCUT2D eigenvalue weighted by molar-refractivity contribution is 5.76. The highest BCUT2D eigenvalue weighted by Gasteiger charge is 2.41. The predicted molar refractivity (Wildman–Crippen MR) is 131 cm³/mol. The lowest BCUT2D eigenvalue weighted by molar-refractivity contribution is 0.223. The molecule has 2 fully saturated rings. The van der Waals surface area contributed by atoms with Crippen molar-refractivity contribution in [2.45, 2.75) is 45.6 Å². The molecule has 7 nitrogen and oxygen atoms in total. The summed E-state index contributed by atoms with van der Waals surface area (Å²) >= 11 is 0. The van der Waals surface area contributed by atoms with Gasteiger partial charge in [-0.3, -0.25) is 9.36 Å². The molecule has 2 saturated carbocycles. The average Bonchev–Trinajstić information content (AvgIpc) is 3.47. The van der Waals surface area contributed by atoms with Gasteiger partial charge in [-0.2, -0.15) is 4.98 Å². The minimum Gasteiger partial charge on any atom is -0.492 e. The minimum atomic E-state index is 0.0379. The zero-order valence-corrected chi connectivity index (χ0v) is 19.5. The fourth-order valence-corrected chi connectivity index (χ4v) is 5.54. The van der Waals surface area contributed by atoms with Crippen molar-refractivity contribution in [1.82, 2.24) is 19.4 Å². The van der Waals surface area contributed by atoms with Crippen LogP contribution in [0.25, 0.3) is 11.0 Å². The van der Waals surface area contributed by atoms with E-state index in [1.165, 1.54) is 19.3 Å². The number of likely N-dealkylation sites (N-methyl/N-ethyl adjacent to an activating group) is 1. The van der Waals surface area contributed by atoms with Gasteiger partial charge in [-0.25, -0.2) is 4.98 Å². The van der Waals surface area contributed by atoms with Crippen LogP contribution < -0.4 is 15.6 Å². The van der Waals surface area contributed by atoms with E-state index in [1.807, 2.05) is 34.9 Å². The molecule has 2 heterocycles. The molecule has 2 aromatic heterocycles. The number of rotatable bonds is 9. The predicted octanol–water partition coefficient (Wildman–Crippen LogP) is 4.62. The molecule has 3 aromatic rings. The lowest BCUT2D eigenvalue weighted by Crippen LogP contribution is -2.28. The number of nitrogens with zero attached hydrogens (tertiary/aromatic N) is 4. The van der Waals surface area contributed by atoms with Crippen LogP contribution in [0, 0.1) is 11.8 Å². The Balaban J connectivity index is 1.31. The first-order chi connectivity index (χ1) is 16.1. The summed E-state index contributed by atoms with van der Waals surface area (Å²) in [6.07, 6.45) is 6.66. The third-order valence-corrected chi connectivity index (χ3v) is 7.38. The number of ether oxygens (including phenoxy) is 1. The van der Waals surface area contributed by atoms with E-state index >= 15 is 0 Å². The summed E-state index contributed by atoms with van der Waals surface area (Å²) in [6, 6.07) is 11.6. The lowest BCUT2D eigenvalue weighted by atomic mass is 9.95. The van der Waals surface area contributed by atoms with Crippen LogP contribution in [0.15, 0.2) is 47.4 Å². The van der Waals surface area contributed by atoms with Crippen molar-refractivity contribution < 1.29 is 4.74 Å². The van der Waals surface area contributed by atoms with Crippen LogP contribution in [-0.4, -0.2) is 45.7 Å². The van der Waals surface area contributed by atoms with Gasteiger partial charge in [0.2, 0.25) is 5.95 Å². The molecule has 0 spiro atoms. The Bertz CT molecular complexity index is 1160. The SMILES string of the molecule is CCN(CC)CCOc1ccc(Nc2ncc3ccc(=O)n([C@H]4C[C@H]5CC[C@@H]4C5)c3n2)cc1. The molecule has 7 heteroatoms. The van der Waals surface area contributed by atoms with Crippen LogP contribution >= 0.6 is 0 Å². The van der Waals surface area contributed by atoms with Gasteiger partial charge in [0.25, 0.3) is 5.56 Å². The Hall–Kier alpha value is -2.93. The van der Waals surface area contributed by atoms with E-state index in [-0.39, 0.29) is 11.6 Å². The van der Waals surface area contributed by atoms with Gasteiger partial charge in [-0.15, -0.1) is 0 Å². The Morgan fingerprint density at radius 2 is 1.91 bits per heavy atom. The summed E-state index contributed by atoms with van der Waals surface area (Å²) in [4.78, 5) is 24.4. The molecule has 174 valence electrons. The van der Waals surface area contributed by atoms with Gasteiger partial charge in [0.05, 0.1) is 0 Å². The van der Waals surface area contributed by atoms with Crippen LogP contribution in [0.4, 0.5) is 11.6 Å². The average molecular weight is 448 g/mol. The minimum absolute atomic E-state index is 0.0379. The number of hydrogen-bond acceptors (Lipinski definition) is 6. The standard InChI is InChI=1S/C26H33N5O2/c1-3-30(4-2)13-14-33-22-10-8-21(9-11-22)28-26-27-17-20-7-12-24(32)31(25(20)29-26)23-16-18-5-6-19(23)15-18/h7-12,17-19,23H,3-6,13-16H2,1-2H3,(H,27,28,29)/t18-,19+,23-/m0/s1. The topological polar surface area (TPSA) is 72.3 Å². The van der Waals surface area contributed by atoms with Crippen LogP contribution in [-0.2, 0) is 0 Å². The number of nitrogens with one attached hydrogen (secondary N) is 1. The molecule has 1 N–H and O–H groups in total. The molecule has 0 unspecified atom stereocenters. The summed E-state index contributed by atoms with van der Waals surface area (Å²) in [7, 11) is 0. The number of anilines is 2. The second-order valence-electron chi connectivity index (χ2n) is 9.28. The molecular weight excluding hydrogens is 414 g/mol. The molecule has 2 aliphatic carbocycles. The molecule has 0 radical (unpaired) electrons. The second kappa shape index (κ2) is 9.51. The van der Waals surface area contributed by atoms with E-state index in [2.05, 4.69) is 29.0 Å². The molecular formula is C26H33N5O2. The van der Waals surface area contributed by atoms with Gasteiger partial charge in [0.15, 0.2) is 0 Å². The van der Waals surface area contributed by atoms with E-state index in [4.69, 9.17) is 9.72 Å². The first-order valence-corrected chi connectivity index (χ1v) is 12.2. The smallest absolute Gasteiger partial charge is 0.252 e. The van der Waals surface area contributed by atoms with E-state index in [0.29, 0.717) is 18.5 Å². The Morgan fingerprint density at radius 3 is 2.61 bits per heavy atom. The largest absolute Gasteiger partial charge is 0.492 e.